The maximum absolute atomic E-state index is 13.5. The number of halogens is 1. The van der Waals surface area contributed by atoms with Gasteiger partial charge in [-0.2, -0.15) is 0 Å². The number of nitrogens with one attached hydrogen (secondary N) is 1. The van der Waals surface area contributed by atoms with E-state index in [1.165, 1.54) is 12.1 Å². The van der Waals surface area contributed by atoms with Gasteiger partial charge >= 0.3 is 0 Å². The Morgan fingerprint density at radius 2 is 2.16 bits per heavy atom. The number of carbonyl (C=O) groups is 1. The Morgan fingerprint density at radius 3 is 2.68 bits per heavy atom. The summed E-state index contributed by atoms with van der Waals surface area (Å²) in [6, 6.07) is 2.62. The first-order valence-corrected chi connectivity index (χ1v) is 7.61. The van der Waals surface area contributed by atoms with Crippen LogP contribution in [0.4, 0.5) is 10.1 Å². The summed E-state index contributed by atoms with van der Waals surface area (Å²) < 4.78 is 24.6. The van der Waals surface area contributed by atoms with Crippen LogP contribution in [0.15, 0.2) is 12.1 Å². The van der Waals surface area contributed by atoms with Crippen LogP contribution in [0.2, 0.25) is 0 Å². The summed E-state index contributed by atoms with van der Waals surface area (Å²) in [6.07, 6.45) is 2.24. The first kappa shape index (κ1) is 15.6. The molecule has 0 fully saturated rings. The minimum Gasteiger partial charge on any atom is -0.398 e. The van der Waals surface area contributed by atoms with E-state index in [4.69, 9.17) is 5.73 Å². The molecule has 1 aromatic carbocycles. The molecule has 1 rings (SSSR count). The monoisotopic (exact) mass is 286 g/mol. The molecule has 106 valence electrons. The summed E-state index contributed by atoms with van der Waals surface area (Å²) in [7, 11) is -0.911. The standard InChI is InChI=1S/C13H19FN2O2S/c1-8(19(3)18)4-5-16-13(17)10-6-11(14)9(2)12(15)7-10/h6-8H,4-5,15H2,1-3H3,(H,16,17). The molecule has 1 aromatic rings. The lowest BCUT2D eigenvalue weighted by molar-refractivity contribution is 0.0953. The van der Waals surface area contributed by atoms with Crippen molar-refractivity contribution < 1.29 is 13.4 Å². The van der Waals surface area contributed by atoms with Gasteiger partial charge in [0.05, 0.1) is 0 Å². The van der Waals surface area contributed by atoms with E-state index in [-0.39, 0.29) is 22.4 Å². The van der Waals surface area contributed by atoms with Gasteiger partial charge in [-0.05, 0) is 25.5 Å². The minimum atomic E-state index is -0.911. The van der Waals surface area contributed by atoms with E-state index < -0.39 is 16.6 Å². The topological polar surface area (TPSA) is 72.2 Å². The number of nitrogens with two attached hydrogens (primary N) is 1. The molecule has 6 heteroatoms. The molecule has 0 heterocycles. The summed E-state index contributed by atoms with van der Waals surface area (Å²) >= 11 is 0. The SMILES string of the molecule is Cc1c(N)cc(C(=O)NCCC(C)S(C)=O)cc1F. The van der Waals surface area contributed by atoms with Gasteiger partial charge < -0.3 is 11.1 Å². The second-order valence-electron chi connectivity index (χ2n) is 4.53. The summed E-state index contributed by atoms with van der Waals surface area (Å²) in [6.45, 7) is 3.81. The fourth-order valence-electron chi connectivity index (χ4n) is 1.49. The van der Waals surface area contributed by atoms with Crippen molar-refractivity contribution in [2.45, 2.75) is 25.5 Å². The van der Waals surface area contributed by atoms with Crippen LogP contribution < -0.4 is 11.1 Å². The van der Waals surface area contributed by atoms with Gasteiger partial charge in [0.25, 0.3) is 5.91 Å². The Hall–Kier alpha value is -1.43. The van der Waals surface area contributed by atoms with Crippen LogP contribution in [-0.4, -0.2) is 28.2 Å². The Bertz CT molecular complexity index is 482. The lowest BCUT2D eigenvalue weighted by atomic mass is 10.1. The predicted molar refractivity (Wildman–Crippen MR) is 76.0 cm³/mol. The molecule has 4 nitrogen and oxygen atoms in total. The number of rotatable bonds is 5. The molecule has 2 atom stereocenters. The Balaban J connectivity index is 2.62. The molecule has 3 N–H and O–H groups in total. The first-order chi connectivity index (χ1) is 8.82. The van der Waals surface area contributed by atoms with Crippen molar-refractivity contribution in [3.63, 3.8) is 0 Å². The van der Waals surface area contributed by atoms with Gasteiger partial charge in [0, 0.05) is 45.7 Å². The van der Waals surface area contributed by atoms with Gasteiger partial charge in [0.1, 0.15) is 5.82 Å². The van der Waals surface area contributed by atoms with E-state index in [9.17, 15) is 13.4 Å². The highest BCUT2D eigenvalue weighted by Gasteiger charge is 2.12. The zero-order chi connectivity index (χ0) is 14.6. The van der Waals surface area contributed by atoms with Crippen molar-refractivity contribution in [2.75, 3.05) is 18.5 Å². The van der Waals surface area contributed by atoms with E-state index in [1.807, 2.05) is 6.92 Å². The number of carbonyl (C=O) groups excluding carboxylic acids is 1. The molecule has 0 radical (unpaired) electrons. The zero-order valence-corrected chi connectivity index (χ0v) is 12.1. The van der Waals surface area contributed by atoms with Crippen molar-refractivity contribution in [1.82, 2.24) is 5.32 Å². The molecular weight excluding hydrogens is 267 g/mol. The van der Waals surface area contributed by atoms with Crippen LogP contribution in [0, 0.1) is 12.7 Å². The maximum Gasteiger partial charge on any atom is 0.251 e. The molecule has 0 bridgehead atoms. The number of benzene rings is 1. The third-order valence-corrected chi connectivity index (χ3v) is 4.42. The van der Waals surface area contributed by atoms with Crippen LogP contribution >= 0.6 is 0 Å². The molecular formula is C13H19FN2O2S. The van der Waals surface area contributed by atoms with E-state index in [2.05, 4.69) is 5.32 Å². The summed E-state index contributed by atoms with van der Waals surface area (Å²) in [4.78, 5) is 11.8. The fourth-order valence-corrected chi connectivity index (χ4v) is 1.94. The second-order valence-corrected chi connectivity index (χ2v) is 6.33. The maximum atomic E-state index is 13.5. The molecule has 0 saturated carbocycles. The number of hydrogen-bond acceptors (Lipinski definition) is 3. The minimum absolute atomic E-state index is 0.0140. The number of anilines is 1. The van der Waals surface area contributed by atoms with Gasteiger partial charge in [-0.15, -0.1) is 0 Å². The normalized spacial score (nSPS) is 13.9. The van der Waals surface area contributed by atoms with Crippen molar-refractivity contribution >= 4 is 22.4 Å². The zero-order valence-electron chi connectivity index (χ0n) is 11.3. The number of nitrogen functional groups attached to an aromatic ring is 1. The van der Waals surface area contributed by atoms with E-state index in [0.717, 1.165) is 0 Å². The van der Waals surface area contributed by atoms with Crippen molar-refractivity contribution in [3.8, 4) is 0 Å². The van der Waals surface area contributed by atoms with Gasteiger partial charge in [-0.1, -0.05) is 6.92 Å². The first-order valence-electron chi connectivity index (χ1n) is 5.99. The fraction of sp³-hybridized carbons (Fsp3) is 0.462. The Morgan fingerprint density at radius 1 is 1.53 bits per heavy atom. The van der Waals surface area contributed by atoms with Crippen molar-refractivity contribution in [2.24, 2.45) is 0 Å². The summed E-state index contributed by atoms with van der Waals surface area (Å²) in [5, 5.41) is 2.68. The van der Waals surface area contributed by atoms with Crippen molar-refractivity contribution in [1.29, 1.82) is 0 Å². The van der Waals surface area contributed by atoms with Gasteiger partial charge in [-0.3, -0.25) is 9.00 Å². The van der Waals surface area contributed by atoms with Gasteiger partial charge in [-0.25, -0.2) is 4.39 Å². The van der Waals surface area contributed by atoms with Crippen LogP contribution in [0.5, 0.6) is 0 Å². The van der Waals surface area contributed by atoms with Crippen LogP contribution in [-0.2, 0) is 10.8 Å². The molecule has 0 aromatic heterocycles. The molecule has 0 aliphatic heterocycles. The van der Waals surface area contributed by atoms with Crippen LogP contribution in [0.1, 0.15) is 29.3 Å². The Kier molecular flexibility index (Phi) is 5.47. The van der Waals surface area contributed by atoms with E-state index in [0.29, 0.717) is 18.5 Å². The molecule has 19 heavy (non-hydrogen) atoms. The highest BCUT2D eigenvalue weighted by atomic mass is 32.2. The lowest BCUT2D eigenvalue weighted by Crippen LogP contribution is -2.27. The third kappa shape index (κ3) is 4.31. The van der Waals surface area contributed by atoms with Gasteiger partial charge in [0.15, 0.2) is 0 Å². The highest BCUT2D eigenvalue weighted by Crippen LogP contribution is 2.17. The second kappa shape index (κ2) is 6.65. The molecule has 1 amide bonds. The van der Waals surface area contributed by atoms with E-state index >= 15 is 0 Å². The van der Waals surface area contributed by atoms with E-state index in [1.54, 1.807) is 13.2 Å². The smallest absolute Gasteiger partial charge is 0.251 e. The molecule has 0 saturated heterocycles. The van der Waals surface area contributed by atoms with Gasteiger partial charge in [0.2, 0.25) is 0 Å². The predicted octanol–water partition coefficient (Wildman–Crippen LogP) is 1.60. The van der Waals surface area contributed by atoms with Crippen LogP contribution in [0.3, 0.4) is 0 Å². The van der Waals surface area contributed by atoms with Crippen LogP contribution in [0.25, 0.3) is 0 Å². The average Bonchev–Trinajstić information content (AvgIpc) is 2.34. The molecule has 2 unspecified atom stereocenters. The molecule has 0 aliphatic carbocycles. The number of hydrogen-bond donors (Lipinski definition) is 2. The summed E-state index contributed by atoms with van der Waals surface area (Å²) in [5.41, 5.74) is 6.41. The highest BCUT2D eigenvalue weighted by molar-refractivity contribution is 7.84. The molecule has 0 spiro atoms. The molecule has 0 aliphatic rings. The average molecular weight is 286 g/mol. The lowest BCUT2D eigenvalue weighted by Gasteiger charge is -2.10. The summed E-state index contributed by atoms with van der Waals surface area (Å²) in [5.74, 6) is -0.868. The van der Waals surface area contributed by atoms with Crippen molar-refractivity contribution in [3.05, 3.63) is 29.1 Å². The quantitative estimate of drug-likeness (QED) is 0.808. The number of amides is 1. The Labute approximate surface area is 115 Å². The largest absolute Gasteiger partial charge is 0.398 e. The third-order valence-electron chi connectivity index (χ3n) is 3.05.